The topological polar surface area (TPSA) is 106 Å². The van der Waals surface area contributed by atoms with E-state index in [0.717, 1.165) is 4.57 Å². The van der Waals surface area contributed by atoms with Crippen molar-refractivity contribution in [2.24, 2.45) is 14.1 Å². The van der Waals surface area contributed by atoms with Crippen molar-refractivity contribution in [2.45, 2.75) is 25.5 Å². The fourth-order valence-electron chi connectivity index (χ4n) is 3.81. The molecule has 1 atom stereocenters. The van der Waals surface area contributed by atoms with Gasteiger partial charge in [0.2, 0.25) is 0 Å². The Morgan fingerprint density at radius 2 is 2.00 bits per heavy atom. The van der Waals surface area contributed by atoms with Gasteiger partial charge in [0.1, 0.15) is 16.3 Å². The third-order valence-electron chi connectivity index (χ3n) is 5.43. The van der Waals surface area contributed by atoms with Gasteiger partial charge in [-0.3, -0.25) is 13.9 Å². The maximum Gasteiger partial charge on any atom is 1.00 e. The number of benzene rings is 1. The van der Waals surface area contributed by atoms with Crippen molar-refractivity contribution < 1.29 is 34.7 Å². The Hall–Kier alpha value is -2.13. The number of hydrogen-bond donors (Lipinski definition) is 1. The Morgan fingerprint density at radius 3 is 2.65 bits per heavy atom. The van der Waals surface area contributed by atoms with Gasteiger partial charge in [-0.2, -0.15) is 5.26 Å². The summed E-state index contributed by atoms with van der Waals surface area (Å²) in [6.07, 6.45) is 2.09. The van der Waals surface area contributed by atoms with Crippen LogP contribution in [-0.4, -0.2) is 32.2 Å². The van der Waals surface area contributed by atoms with Crippen LogP contribution in [0.4, 0.5) is 0 Å². The first-order chi connectivity index (χ1) is 15.3. The molecule has 1 N–H and O–H groups in total. The summed E-state index contributed by atoms with van der Waals surface area (Å²) in [5, 5.41) is 22.7. The molecule has 8 nitrogen and oxygen atoms in total. The molecule has 0 aliphatic rings. The summed E-state index contributed by atoms with van der Waals surface area (Å²) < 4.78 is 4.43. The van der Waals surface area contributed by atoms with Crippen LogP contribution in [0.1, 0.15) is 29.5 Å². The van der Waals surface area contributed by atoms with Crippen LogP contribution in [0, 0.1) is 11.3 Å². The molecule has 3 aromatic heterocycles. The quantitative estimate of drug-likeness (QED) is 0.329. The van der Waals surface area contributed by atoms with Crippen LogP contribution < -0.4 is 40.8 Å². The van der Waals surface area contributed by atoms with E-state index in [1.165, 1.54) is 23.0 Å². The van der Waals surface area contributed by atoms with E-state index in [4.69, 9.17) is 11.6 Å². The number of thiazole rings is 1. The summed E-state index contributed by atoms with van der Waals surface area (Å²) in [6, 6.07) is 9.15. The summed E-state index contributed by atoms with van der Waals surface area (Å²) in [7, 11) is 3.08. The molecule has 12 heteroatoms. The predicted molar refractivity (Wildman–Crippen MR) is 135 cm³/mol. The van der Waals surface area contributed by atoms with Gasteiger partial charge < -0.3 is 9.67 Å². The number of hydrogen-bond acceptors (Lipinski definition) is 6. The first kappa shape index (κ1) is 28.1. The van der Waals surface area contributed by atoms with Gasteiger partial charge >= 0.3 is 35.2 Å². The molecule has 3 heterocycles. The van der Waals surface area contributed by atoms with Gasteiger partial charge in [0.05, 0.1) is 28.2 Å². The Bertz CT molecular complexity index is 1490. The number of aliphatic hydroxyl groups excluding tert-OH is 1. The summed E-state index contributed by atoms with van der Waals surface area (Å²) in [6.45, 7) is 0.494. The second-order valence-corrected chi connectivity index (χ2v) is 8.77. The number of halogens is 1. The Labute approximate surface area is 228 Å². The van der Waals surface area contributed by atoms with Crippen LogP contribution in [0.2, 0.25) is 5.15 Å². The minimum absolute atomic E-state index is 0. The van der Waals surface area contributed by atoms with Crippen molar-refractivity contribution in [2.75, 3.05) is 0 Å². The SMILES string of the molecule is Cn1c(=O)c2c(-c3cccc(C#N)c3)n(CCCC(O)c3nc(Cl)cs3)cc2n(C)c1=O.[BH4-].[Na+]. The van der Waals surface area contributed by atoms with Gasteiger partial charge in [0.25, 0.3) is 5.56 Å². The normalized spacial score (nSPS) is 11.5. The molecule has 1 unspecified atom stereocenters. The van der Waals surface area contributed by atoms with Gasteiger partial charge in [-0.15, -0.1) is 11.3 Å². The molecule has 1 aromatic carbocycles. The molecule has 0 amide bonds. The summed E-state index contributed by atoms with van der Waals surface area (Å²) >= 11 is 7.16. The van der Waals surface area contributed by atoms with Crippen molar-refractivity contribution in [1.29, 1.82) is 5.26 Å². The number of rotatable bonds is 6. The first-order valence-electron chi connectivity index (χ1n) is 9.90. The number of nitriles is 1. The van der Waals surface area contributed by atoms with Crippen LogP contribution in [0.25, 0.3) is 22.2 Å². The largest absolute Gasteiger partial charge is 1.00 e. The van der Waals surface area contributed by atoms with Crippen LogP contribution >= 0.6 is 22.9 Å². The summed E-state index contributed by atoms with van der Waals surface area (Å²) in [4.78, 5) is 29.6. The van der Waals surface area contributed by atoms with Crippen LogP contribution in [0.15, 0.2) is 45.4 Å². The number of nitrogens with zero attached hydrogens (tertiary/aromatic N) is 5. The van der Waals surface area contributed by atoms with Crippen molar-refractivity contribution in [3.63, 3.8) is 0 Å². The average molecular weight is 508 g/mol. The Kier molecular flexibility index (Phi) is 9.54. The summed E-state index contributed by atoms with van der Waals surface area (Å²) in [5.41, 5.74) is 1.54. The van der Waals surface area contributed by atoms with Crippen molar-refractivity contribution in [3.05, 3.63) is 72.4 Å². The average Bonchev–Trinajstić information content (AvgIpc) is 3.40. The molecule has 0 aliphatic heterocycles. The number of aryl methyl sites for hydroxylation is 2. The summed E-state index contributed by atoms with van der Waals surface area (Å²) in [5.74, 6) is 0. The van der Waals surface area contributed by atoms with Crippen LogP contribution in [0.3, 0.4) is 0 Å². The molecule has 172 valence electrons. The van der Waals surface area contributed by atoms with E-state index in [-0.39, 0.29) is 38.0 Å². The van der Waals surface area contributed by atoms with E-state index in [1.54, 1.807) is 36.8 Å². The zero-order valence-electron chi connectivity index (χ0n) is 18.4. The molecule has 0 saturated heterocycles. The second kappa shape index (κ2) is 11.5. The molecule has 0 fully saturated rings. The second-order valence-electron chi connectivity index (χ2n) is 7.50. The van der Waals surface area contributed by atoms with E-state index >= 15 is 0 Å². The van der Waals surface area contributed by atoms with E-state index in [0.29, 0.717) is 57.3 Å². The van der Waals surface area contributed by atoms with E-state index in [9.17, 15) is 20.0 Å². The Morgan fingerprint density at radius 1 is 1.26 bits per heavy atom. The zero-order valence-corrected chi connectivity index (χ0v) is 22.0. The third kappa shape index (κ3) is 5.25. The smallest absolute Gasteiger partial charge is 0.386 e. The number of aliphatic hydroxyl groups is 1. The molecular weight excluding hydrogens is 484 g/mol. The molecule has 0 bridgehead atoms. The number of fused-ring (bicyclic) bond motifs is 1. The third-order valence-corrected chi connectivity index (χ3v) is 6.70. The molecule has 0 spiro atoms. The van der Waals surface area contributed by atoms with Crippen molar-refractivity contribution in [3.8, 4) is 17.3 Å². The van der Waals surface area contributed by atoms with E-state index < -0.39 is 17.4 Å². The van der Waals surface area contributed by atoms with E-state index in [2.05, 4.69) is 11.1 Å². The molecule has 0 saturated carbocycles. The zero-order chi connectivity index (χ0) is 23.0. The standard InChI is InChI=1S/C22H20ClN5O3S.BH4.Na/c1-26-15-11-28(8-4-7-16(29)20-25-17(23)12-32-20)19(14-6-3-5-13(9-14)10-24)18(15)21(30)27(2)22(26)31;;/h3,5-6,9,11-12,16,29H,4,7-8H2,1-2H3;1H4;/q;-1;+1. The molecule has 0 aliphatic carbocycles. The maximum atomic E-state index is 13.0. The van der Waals surface area contributed by atoms with Crippen molar-refractivity contribution in [1.82, 2.24) is 18.7 Å². The first-order valence-corrected chi connectivity index (χ1v) is 11.2. The van der Waals surface area contributed by atoms with Crippen LogP contribution in [-0.2, 0) is 20.6 Å². The fraction of sp³-hybridized carbons (Fsp3) is 0.273. The van der Waals surface area contributed by atoms with Crippen molar-refractivity contribution >= 4 is 42.3 Å². The van der Waals surface area contributed by atoms with Gasteiger partial charge in [-0.25, -0.2) is 9.78 Å². The fourth-order valence-corrected chi connectivity index (χ4v) is 4.78. The minimum atomic E-state index is -0.736. The molecule has 34 heavy (non-hydrogen) atoms. The van der Waals surface area contributed by atoms with Gasteiger partial charge in [0.15, 0.2) is 0 Å². The molecular formula is C22H24BClN5NaO3S. The van der Waals surface area contributed by atoms with Gasteiger partial charge in [-0.05, 0) is 25.0 Å². The monoisotopic (exact) mass is 507 g/mol. The molecule has 4 rings (SSSR count). The van der Waals surface area contributed by atoms with Gasteiger partial charge in [-0.1, -0.05) is 32.1 Å². The van der Waals surface area contributed by atoms with Gasteiger partial charge in [0, 0.05) is 37.8 Å². The maximum absolute atomic E-state index is 13.0. The molecule has 4 aromatic rings. The Balaban J connectivity index is 0.00000204. The van der Waals surface area contributed by atoms with Crippen LogP contribution in [0.5, 0.6) is 0 Å². The van der Waals surface area contributed by atoms with E-state index in [1.807, 2.05) is 10.6 Å². The minimum Gasteiger partial charge on any atom is -0.386 e. The predicted octanol–water partition coefficient (Wildman–Crippen LogP) is -1.25. The molecule has 0 radical (unpaired) electrons. The number of aromatic nitrogens is 4.